The first-order chi connectivity index (χ1) is 13.0. The van der Waals surface area contributed by atoms with E-state index in [-0.39, 0.29) is 0 Å². The van der Waals surface area contributed by atoms with Crippen molar-refractivity contribution in [1.29, 1.82) is 0 Å². The lowest BCUT2D eigenvalue weighted by atomic mass is 10.2. The summed E-state index contributed by atoms with van der Waals surface area (Å²) in [6, 6.07) is 12.0. The molecule has 2 amide bonds. The molecule has 0 atom stereocenters. The van der Waals surface area contributed by atoms with Crippen LogP contribution < -0.4 is 10.6 Å². The monoisotopic (exact) mass is 373 g/mol. The zero-order valence-corrected chi connectivity index (χ0v) is 13.9. The normalized spacial score (nSPS) is 10.5. The Kier molecular flexibility index (Phi) is 5.25. The zero-order valence-electron chi connectivity index (χ0n) is 13.9. The van der Waals surface area contributed by atoms with Gasteiger partial charge in [-0.2, -0.15) is 0 Å². The van der Waals surface area contributed by atoms with Crippen molar-refractivity contribution in [1.82, 2.24) is 9.88 Å². The maximum Gasteiger partial charge on any atom is 0.251 e. The highest BCUT2D eigenvalue weighted by Crippen LogP contribution is 2.19. The maximum absolute atomic E-state index is 13.5. The molecule has 0 fully saturated rings. The second-order valence-corrected chi connectivity index (χ2v) is 5.59. The van der Waals surface area contributed by atoms with E-state index >= 15 is 0 Å². The third-order valence-corrected chi connectivity index (χ3v) is 3.75. The van der Waals surface area contributed by atoms with Crippen molar-refractivity contribution in [2.45, 2.75) is 0 Å². The number of hydrogen-bond acceptors (Lipinski definition) is 2. The number of halogens is 3. The molecule has 0 bridgehead atoms. The van der Waals surface area contributed by atoms with Crippen LogP contribution in [0.4, 0.5) is 18.9 Å². The van der Waals surface area contributed by atoms with Crippen LogP contribution in [0.1, 0.15) is 10.4 Å². The summed E-state index contributed by atoms with van der Waals surface area (Å²) in [5.41, 5.74) is 0.685. The average Bonchev–Trinajstić information content (AvgIpc) is 3.21. The van der Waals surface area contributed by atoms with Crippen LogP contribution in [-0.4, -0.2) is 22.9 Å². The van der Waals surface area contributed by atoms with Crippen LogP contribution in [0, 0.1) is 17.5 Å². The number of rotatable bonds is 5. The second-order valence-electron chi connectivity index (χ2n) is 5.59. The number of benzene rings is 2. The smallest absolute Gasteiger partial charge is 0.251 e. The number of carbonyl (C=O) groups is 2. The van der Waals surface area contributed by atoms with E-state index < -0.39 is 41.5 Å². The maximum atomic E-state index is 13.5. The summed E-state index contributed by atoms with van der Waals surface area (Å²) in [7, 11) is 0. The van der Waals surface area contributed by atoms with Gasteiger partial charge in [-0.1, -0.05) is 0 Å². The Morgan fingerprint density at radius 3 is 2.22 bits per heavy atom. The van der Waals surface area contributed by atoms with Gasteiger partial charge in [-0.05, 0) is 48.5 Å². The first-order valence-corrected chi connectivity index (χ1v) is 7.90. The third-order valence-electron chi connectivity index (χ3n) is 3.75. The number of amides is 2. The summed E-state index contributed by atoms with van der Waals surface area (Å²) in [6.45, 7) is -0.462. The zero-order chi connectivity index (χ0) is 19.4. The minimum absolute atomic E-state index is 0.331. The molecular weight excluding hydrogens is 359 g/mol. The third kappa shape index (κ3) is 4.17. The van der Waals surface area contributed by atoms with E-state index in [0.29, 0.717) is 11.6 Å². The predicted octanol–water partition coefficient (Wildman–Crippen LogP) is 3.26. The quantitative estimate of drug-likeness (QED) is 0.675. The van der Waals surface area contributed by atoms with E-state index in [1.165, 1.54) is 0 Å². The van der Waals surface area contributed by atoms with Gasteiger partial charge in [0.25, 0.3) is 5.91 Å². The summed E-state index contributed by atoms with van der Waals surface area (Å²) >= 11 is 0. The van der Waals surface area contributed by atoms with E-state index in [1.54, 1.807) is 24.3 Å². The van der Waals surface area contributed by atoms with Gasteiger partial charge in [-0.3, -0.25) is 9.59 Å². The Morgan fingerprint density at radius 1 is 0.889 bits per heavy atom. The molecule has 3 rings (SSSR count). The van der Waals surface area contributed by atoms with Gasteiger partial charge in [0.1, 0.15) is 0 Å². The summed E-state index contributed by atoms with van der Waals surface area (Å²) in [4.78, 5) is 23.9. The van der Waals surface area contributed by atoms with Crippen LogP contribution in [0.15, 0.2) is 60.9 Å². The van der Waals surface area contributed by atoms with Gasteiger partial charge in [0.2, 0.25) is 5.91 Å². The molecular formula is C19H14F3N3O2. The molecule has 5 nitrogen and oxygen atoms in total. The average molecular weight is 373 g/mol. The Bertz CT molecular complexity index is 971. The molecule has 0 aliphatic carbocycles. The number of aromatic nitrogens is 1. The SMILES string of the molecule is O=C(CNC(=O)c1ccc(-n2cccc2)cc1)Nc1ccc(F)c(F)c1F. The van der Waals surface area contributed by atoms with E-state index in [9.17, 15) is 22.8 Å². The highest BCUT2D eigenvalue weighted by molar-refractivity contribution is 5.99. The largest absolute Gasteiger partial charge is 0.343 e. The fourth-order valence-corrected chi connectivity index (χ4v) is 2.37. The lowest BCUT2D eigenvalue weighted by Crippen LogP contribution is -2.33. The van der Waals surface area contributed by atoms with Crippen molar-refractivity contribution in [3.05, 3.63) is 83.9 Å². The van der Waals surface area contributed by atoms with Crippen LogP contribution in [0.2, 0.25) is 0 Å². The van der Waals surface area contributed by atoms with Crippen molar-refractivity contribution >= 4 is 17.5 Å². The fraction of sp³-hybridized carbons (Fsp3) is 0.0526. The fourth-order valence-electron chi connectivity index (χ4n) is 2.37. The molecule has 1 aromatic heterocycles. The number of nitrogens with zero attached hydrogens (tertiary/aromatic N) is 1. The van der Waals surface area contributed by atoms with Gasteiger partial charge in [0, 0.05) is 23.6 Å². The molecule has 0 saturated heterocycles. The number of nitrogens with one attached hydrogen (secondary N) is 2. The Balaban J connectivity index is 1.57. The minimum Gasteiger partial charge on any atom is -0.343 e. The van der Waals surface area contributed by atoms with Gasteiger partial charge in [0.05, 0.1) is 12.2 Å². The molecule has 0 aliphatic heterocycles. The van der Waals surface area contributed by atoms with Crippen LogP contribution >= 0.6 is 0 Å². The van der Waals surface area contributed by atoms with Crippen molar-refractivity contribution < 1.29 is 22.8 Å². The standard InChI is InChI=1S/C19H14F3N3O2/c20-14-7-8-15(18(22)17(14)21)24-16(26)11-23-19(27)12-3-5-13(6-4-12)25-9-1-2-10-25/h1-10H,11H2,(H,23,27)(H,24,26). The molecule has 3 aromatic rings. The van der Waals surface area contributed by atoms with Crippen molar-refractivity contribution in [3.8, 4) is 5.69 Å². The molecule has 8 heteroatoms. The van der Waals surface area contributed by atoms with E-state index in [2.05, 4.69) is 10.6 Å². The van der Waals surface area contributed by atoms with Crippen LogP contribution in [-0.2, 0) is 4.79 Å². The van der Waals surface area contributed by atoms with Crippen molar-refractivity contribution in [2.75, 3.05) is 11.9 Å². The molecule has 2 N–H and O–H groups in total. The number of anilines is 1. The van der Waals surface area contributed by atoms with E-state index in [0.717, 1.165) is 11.8 Å². The molecule has 138 valence electrons. The van der Waals surface area contributed by atoms with Crippen LogP contribution in [0.3, 0.4) is 0 Å². The Hall–Kier alpha value is -3.55. The summed E-state index contributed by atoms with van der Waals surface area (Å²) in [5, 5.41) is 4.44. The number of carbonyl (C=O) groups excluding carboxylic acids is 2. The van der Waals surface area contributed by atoms with E-state index in [1.807, 2.05) is 29.1 Å². The van der Waals surface area contributed by atoms with Gasteiger partial charge in [-0.25, -0.2) is 13.2 Å². The Morgan fingerprint density at radius 2 is 1.56 bits per heavy atom. The predicted molar refractivity (Wildman–Crippen MR) is 93.0 cm³/mol. The first kappa shape index (κ1) is 18.2. The molecule has 27 heavy (non-hydrogen) atoms. The van der Waals surface area contributed by atoms with Crippen molar-refractivity contribution in [3.63, 3.8) is 0 Å². The molecule has 0 aliphatic rings. The lowest BCUT2D eigenvalue weighted by Gasteiger charge is -2.09. The minimum atomic E-state index is -1.68. The highest BCUT2D eigenvalue weighted by Gasteiger charge is 2.15. The van der Waals surface area contributed by atoms with Gasteiger partial charge in [-0.15, -0.1) is 0 Å². The van der Waals surface area contributed by atoms with Crippen LogP contribution in [0.25, 0.3) is 5.69 Å². The molecule has 0 spiro atoms. The van der Waals surface area contributed by atoms with Crippen molar-refractivity contribution in [2.24, 2.45) is 0 Å². The van der Waals surface area contributed by atoms with Gasteiger partial charge >= 0.3 is 0 Å². The van der Waals surface area contributed by atoms with E-state index in [4.69, 9.17) is 0 Å². The molecule has 2 aromatic carbocycles. The summed E-state index contributed by atoms with van der Waals surface area (Å²) in [5.74, 6) is -5.83. The molecule has 1 heterocycles. The lowest BCUT2D eigenvalue weighted by molar-refractivity contribution is -0.115. The second kappa shape index (κ2) is 7.77. The molecule has 0 saturated carbocycles. The van der Waals surface area contributed by atoms with Gasteiger partial charge < -0.3 is 15.2 Å². The summed E-state index contributed by atoms with van der Waals surface area (Å²) in [6.07, 6.45) is 3.72. The Labute approximate surface area is 152 Å². The molecule has 0 unspecified atom stereocenters. The van der Waals surface area contributed by atoms with Gasteiger partial charge in [0.15, 0.2) is 17.5 Å². The summed E-state index contributed by atoms with van der Waals surface area (Å²) < 4.78 is 41.4. The highest BCUT2D eigenvalue weighted by atomic mass is 19.2. The topological polar surface area (TPSA) is 63.1 Å². The first-order valence-electron chi connectivity index (χ1n) is 7.90. The van der Waals surface area contributed by atoms with Crippen LogP contribution in [0.5, 0.6) is 0 Å². The molecule has 0 radical (unpaired) electrons. The number of hydrogen-bond donors (Lipinski definition) is 2.